The van der Waals surface area contributed by atoms with Crippen LogP contribution in [0, 0.1) is 5.92 Å². The Morgan fingerprint density at radius 2 is 2.30 bits per heavy atom. The number of likely N-dealkylation sites (tertiary alicyclic amines) is 1. The van der Waals surface area contributed by atoms with Gasteiger partial charge in [0.2, 0.25) is 0 Å². The first-order chi connectivity index (χ1) is 10.8. The van der Waals surface area contributed by atoms with Crippen LogP contribution in [0.4, 0.5) is 0 Å². The molecule has 23 heavy (non-hydrogen) atoms. The van der Waals surface area contributed by atoms with E-state index in [1.54, 1.807) is 6.20 Å². The second-order valence-electron chi connectivity index (χ2n) is 6.34. The molecular weight excluding hydrogens is 318 g/mol. The van der Waals surface area contributed by atoms with E-state index in [1.165, 1.54) is 20.0 Å². The molecule has 1 aromatic heterocycles. The monoisotopic (exact) mass is 343 g/mol. The summed E-state index contributed by atoms with van der Waals surface area (Å²) in [4.78, 5) is 14.0. The molecule has 130 valence electrons. The number of carbonyl (C=O) groups is 1. The quantitative estimate of drug-likeness (QED) is 0.826. The van der Waals surface area contributed by atoms with Gasteiger partial charge in [0.15, 0.2) is 5.69 Å². The molecule has 0 bridgehead atoms. The smallest absolute Gasteiger partial charge is 0.360 e. The van der Waals surface area contributed by atoms with Crippen LogP contribution in [0.15, 0.2) is 6.20 Å². The normalized spacial score (nSPS) is 25.6. The lowest BCUT2D eigenvalue weighted by molar-refractivity contribution is 0.0594. The number of carbonyl (C=O) groups excluding carboxylic acids is 1. The third-order valence-corrected chi connectivity index (χ3v) is 4.67. The van der Waals surface area contributed by atoms with Crippen molar-refractivity contribution in [1.82, 2.24) is 25.2 Å². The maximum Gasteiger partial charge on any atom is 0.360 e. The van der Waals surface area contributed by atoms with E-state index in [1.807, 2.05) is 4.68 Å². The minimum Gasteiger partial charge on any atom is -0.464 e. The fourth-order valence-corrected chi connectivity index (χ4v) is 3.51. The highest BCUT2D eigenvalue weighted by Gasteiger charge is 2.25. The van der Waals surface area contributed by atoms with E-state index >= 15 is 0 Å². The van der Waals surface area contributed by atoms with Crippen LogP contribution >= 0.6 is 12.4 Å². The third kappa shape index (κ3) is 4.65. The summed E-state index contributed by atoms with van der Waals surface area (Å²) in [6, 6.07) is 0.302. The van der Waals surface area contributed by atoms with E-state index in [-0.39, 0.29) is 18.1 Å². The van der Waals surface area contributed by atoms with Crippen molar-refractivity contribution in [2.24, 2.45) is 5.92 Å². The molecule has 0 radical (unpaired) electrons. The average Bonchev–Trinajstić information content (AvgIpc) is 3.05. The van der Waals surface area contributed by atoms with Crippen LogP contribution < -0.4 is 5.32 Å². The van der Waals surface area contributed by atoms with Gasteiger partial charge < -0.3 is 15.0 Å². The summed E-state index contributed by atoms with van der Waals surface area (Å²) in [6.45, 7) is 5.60. The number of rotatable bonds is 4. The predicted molar refractivity (Wildman–Crippen MR) is 88.9 cm³/mol. The van der Waals surface area contributed by atoms with Crippen LogP contribution in [0.1, 0.15) is 42.2 Å². The van der Waals surface area contributed by atoms with Gasteiger partial charge in [0.25, 0.3) is 0 Å². The standard InChI is InChI=1S/C15H25N5O2.ClH/c1-22-15(21)14-11-20(18-17-14)13-5-3-7-19(10-13)9-12-4-2-6-16-8-12;/h11-13,16H,2-10H2,1H3;1H. The van der Waals surface area contributed by atoms with Gasteiger partial charge >= 0.3 is 5.97 Å². The minimum atomic E-state index is -0.424. The van der Waals surface area contributed by atoms with Crippen molar-refractivity contribution in [1.29, 1.82) is 0 Å². The predicted octanol–water partition coefficient (Wildman–Crippen LogP) is 1.12. The Kier molecular flexibility index (Phi) is 6.80. The molecule has 0 spiro atoms. The molecule has 0 aliphatic carbocycles. The highest BCUT2D eigenvalue weighted by molar-refractivity contribution is 5.86. The van der Waals surface area contributed by atoms with Crippen LogP contribution in [0.5, 0.6) is 0 Å². The van der Waals surface area contributed by atoms with Crippen LogP contribution in [0.25, 0.3) is 0 Å². The second kappa shape index (κ2) is 8.61. The zero-order chi connectivity index (χ0) is 15.4. The molecule has 3 heterocycles. The molecule has 0 amide bonds. The minimum absolute atomic E-state index is 0. The van der Waals surface area contributed by atoms with Gasteiger partial charge in [-0.3, -0.25) is 0 Å². The number of nitrogens with zero attached hydrogens (tertiary/aromatic N) is 4. The SMILES string of the molecule is COC(=O)c1cn(C2CCCN(CC3CCCNC3)C2)nn1.Cl. The number of aromatic nitrogens is 3. The van der Waals surface area contributed by atoms with Crippen molar-refractivity contribution in [3.8, 4) is 0 Å². The van der Waals surface area contributed by atoms with Crippen molar-refractivity contribution >= 4 is 18.4 Å². The highest BCUT2D eigenvalue weighted by Crippen LogP contribution is 2.23. The molecule has 8 heteroatoms. The van der Waals surface area contributed by atoms with E-state index < -0.39 is 5.97 Å². The Morgan fingerprint density at radius 3 is 3.04 bits per heavy atom. The van der Waals surface area contributed by atoms with Gasteiger partial charge in [-0.15, -0.1) is 17.5 Å². The zero-order valence-electron chi connectivity index (χ0n) is 13.6. The molecule has 1 aromatic rings. The molecule has 2 atom stereocenters. The van der Waals surface area contributed by atoms with E-state index in [0.29, 0.717) is 6.04 Å². The third-order valence-electron chi connectivity index (χ3n) is 4.67. The Morgan fingerprint density at radius 1 is 1.43 bits per heavy atom. The molecule has 3 rings (SSSR count). The molecule has 2 aliphatic heterocycles. The van der Waals surface area contributed by atoms with Crippen molar-refractivity contribution in [3.05, 3.63) is 11.9 Å². The summed E-state index contributed by atoms with van der Waals surface area (Å²) >= 11 is 0. The zero-order valence-corrected chi connectivity index (χ0v) is 14.4. The fourth-order valence-electron chi connectivity index (χ4n) is 3.51. The summed E-state index contributed by atoms with van der Waals surface area (Å²) in [5.74, 6) is 0.334. The fraction of sp³-hybridized carbons (Fsp3) is 0.800. The second-order valence-corrected chi connectivity index (χ2v) is 6.34. The van der Waals surface area contributed by atoms with E-state index in [4.69, 9.17) is 0 Å². The van der Waals surface area contributed by atoms with Gasteiger partial charge in [0, 0.05) is 13.1 Å². The molecule has 1 N–H and O–H groups in total. The number of hydrogen-bond donors (Lipinski definition) is 1. The Bertz CT molecular complexity index is 504. The molecular formula is C15H26ClN5O2. The maximum atomic E-state index is 11.5. The lowest BCUT2D eigenvalue weighted by Crippen LogP contribution is -2.43. The van der Waals surface area contributed by atoms with Gasteiger partial charge in [-0.2, -0.15) is 0 Å². The van der Waals surface area contributed by atoms with Crippen molar-refractivity contribution in [3.63, 3.8) is 0 Å². The molecule has 0 aromatic carbocycles. The van der Waals surface area contributed by atoms with Crippen LogP contribution in [0.2, 0.25) is 0 Å². The van der Waals surface area contributed by atoms with E-state index in [2.05, 4.69) is 25.3 Å². The summed E-state index contributed by atoms with van der Waals surface area (Å²) in [7, 11) is 1.36. The van der Waals surface area contributed by atoms with Crippen molar-refractivity contribution in [2.45, 2.75) is 31.7 Å². The first-order valence-corrected chi connectivity index (χ1v) is 8.19. The van der Waals surface area contributed by atoms with Gasteiger partial charge in [-0.05, 0) is 51.2 Å². The van der Waals surface area contributed by atoms with E-state index in [9.17, 15) is 4.79 Å². The van der Waals surface area contributed by atoms with Crippen LogP contribution in [0.3, 0.4) is 0 Å². The van der Waals surface area contributed by atoms with Crippen LogP contribution in [-0.2, 0) is 4.74 Å². The summed E-state index contributed by atoms with van der Waals surface area (Å²) < 4.78 is 6.52. The number of nitrogens with one attached hydrogen (secondary N) is 1. The first kappa shape index (κ1) is 18.2. The topological polar surface area (TPSA) is 72.3 Å². The lowest BCUT2D eigenvalue weighted by atomic mass is 9.97. The number of piperidine rings is 2. The van der Waals surface area contributed by atoms with Gasteiger partial charge in [0.05, 0.1) is 19.3 Å². The molecule has 7 nitrogen and oxygen atoms in total. The number of hydrogen-bond acceptors (Lipinski definition) is 6. The number of halogens is 1. The average molecular weight is 344 g/mol. The number of methoxy groups -OCH3 is 1. The van der Waals surface area contributed by atoms with Gasteiger partial charge in [-0.25, -0.2) is 9.48 Å². The molecule has 2 unspecified atom stereocenters. The Labute approximate surface area is 143 Å². The van der Waals surface area contributed by atoms with Crippen molar-refractivity contribution < 1.29 is 9.53 Å². The molecule has 0 saturated carbocycles. The number of ether oxygens (including phenoxy) is 1. The largest absolute Gasteiger partial charge is 0.464 e. The summed E-state index contributed by atoms with van der Waals surface area (Å²) in [5, 5.41) is 11.5. The molecule has 2 saturated heterocycles. The first-order valence-electron chi connectivity index (χ1n) is 8.19. The van der Waals surface area contributed by atoms with Crippen LogP contribution in [-0.4, -0.2) is 65.7 Å². The van der Waals surface area contributed by atoms with Gasteiger partial charge in [0.1, 0.15) is 0 Å². The van der Waals surface area contributed by atoms with Crippen molar-refractivity contribution in [2.75, 3.05) is 39.8 Å². The Balaban J connectivity index is 0.00000192. The molecule has 2 fully saturated rings. The summed E-state index contributed by atoms with van der Waals surface area (Å²) in [6.07, 6.45) is 6.57. The maximum absolute atomic E-state index is 11.5. The van der Waals surface area contributed by atoms with E-state index in [0.717, 1.165) is 51.5 Å². The molecule has 2 aliphatic rings. The highest BCUT2D eigenvalue weighted by atomic mass is 35.5. The summed E-state index contributed by atoms with van der Waals surface area (Å²) in [5.41, 5.74) is 0.288. The lowest BCUT2D eigenvalue weighted by Gasteiger charge is -2.36. The number of esters is 1. The van der Waals surface area contributed by atoms with Gasteiger partial charge in [-0.1, -0.05) is 5.21 Å². The Hall–Kier alpha value is -1.18.